The van der Waals surface area contributed by atoms with E-state index in [9.17, 15) is 19.3 Å². The summed E-state index contributed by atoms with van der Waals surface area (Å²) >= 11 is 1.09. The van der Waals surface area contributed by atoms with Gasteiger partial charge < -0.3 is 5.32 Å². The fourth-order valence-electron chi connectivity index (χ4n) is 2.99. The molecule has 0 atom stereocenters. The van der Waals surface area contributed by atoms with Crippen LogP contribution in [0.4, 0.5) is 15.8 Å². The Morgan fingerprint density at radius 3 is 2.59 bits per heavy atom. The molecule has 0 aliphatic carbocycles. The highest BCUT2D eigenvalue weighted by Crippen LogP contribution is 2.27. The largest absolute Gasteiger partial charge is 0.320 e. The number of amides is 1. The molecule has 0 radical (unpaired) electrons. The minimum Gasteiger partial charge on any atom is -0.320 e. The summed E-state index contributed by atoms with van der Waals surface area (Å²) in [7, 11) is 0. The summed E-state index contributed by atoms with van der Waals surface area (Å²) < 4.78 is 14.8. The number of halogens is 1. The highest BCUT2D eigenvalue weighted by molar-refractivity contribution is 7.99. The van der Waals surface area contributed by atoms with E-state index in [1.807, 2.05) is 32.9 Å². The fraction of sp³-hybridized carbons (Fsp3) is 0.222. The predicted octanol–water partition coefficient (Wildman–Crippen LogP) is 3.37. The van der Waals surface area contributed by atoms with Gasteiger partial charge in [-0.05, 0) is 54.5 Å². The van der Waals surface area contributed by atoms with Crippen molar-refractivity contribution in [2.24, 2.45) is 0 Å². The number of aryl methyl sites for hydroxylation is 3. The standard InChI is InChI=1S/C18H17FN6O3S/c1-10-6-11(2)17(12(3)7-10)24-18(21-22-23-24)29-9-16(26)20-14-5-4-13(19)8-15(14)25(27)28/h4-8H,9H2,1-3H3,(H,20,26). The summed E-state index contributed by atoms with van der Waals surface area (Å²) in [4.78, 5) is 22.6. The number of tetrazole rings is 1. The normalized spacial score (nSPS) is 10.8. The Bertz CT molecular complexity index is 1080. The number of carbonyl (C=O) groups is 1. The van der Waals surface area contributed by atoms with Gasteiger partial charge in [0.1, 0.15) is 11.5 Å². The molecule has 0 aliphatic heterocycles. The predicted molar refractivity (Wildman–Crippen MR) is 106 cm³/mol. The molecule has 11 heteroatoms. The van der Waals surface area contributed by atoms with Crippen molar-refractivity contribution >= 4 is 29.0 Å². The van der Waals surface area contributed by atoms with Crippen LogP contribution in [-0.4, -0.2) is 36.8 Å². The first-order valence-corrected chi connectivity index (χ1v) is 9.48. The zero-order valence-corrected chi connectivity index (χ0v) is 16.7. The number of carbonyl (C=O) groups excluding carboxylic acids is 1. The van der Waals surface area contributed by atoms with Gasteiger partial charge in [0.2, 0.25) is 11.1 Å². The van der Waals surface area contributed by atoms with Crippen LogP contribution in [0.1, 0.15) is 16.7 Å². The van der Waals surface area contributed by atoms with Crippen molar-refractivity contribution in [1.29, 1.82) is 0 Å². The van der Waals surface area contributed by atoms with E-state index in [2.05, 4.69) is 20.8 Å². The van der Waals surface area contributed by atoms with Gasteiger partial charge in [0.05, 0.1) is 22.4 Å². The molecular formula is C18H17FN6O3S. The van der Waals surface area contributed by atoms with Gasteiger partial charge in [-0.1, -0.05) is 29.5 Å². The summed E-state index contributed by atoms with van der Waals surface area (Å²) in [5.74, 6) is -1.34. The number of aromatic nitrogens is 4. The van der Waals surface area contributed by atoms with Crippen LogP contribution in [0.25, 0.3) is 5.69 Å². The minimum atomic E-state index is -0.757. The molecular weight excluding hydrogens is 399 g/mol. The molecule has 0 unspecified atom stereocenters. The highest BCUT2D eigenvalue weighted by atomic mass is 32.2. The zero-order chi connectivity index (χ0) is 21.1. The number of thioether (sulfide) groups is 1. The van der Waals surface area contributed by atoms with Crippen molar-refractivity contribution in [3.8, 4) is 5.69 Å². The lowest BCUT2D eigenvalue weighted by Gasteiger charge is -2.12. The van der Waals surface area contributed by atoms with Crippen molar-refractivity contribution in [2.45, 2.75) is 25.9 Å². The molecule has 1 amide bonds. The van der Waals surface area contributed by atoms with E-state index in [-0.39, 0.29) is 11.4 Å². The Morgan fingerprint density at radius 1 is 1.24 bits per heavy atom. The number of nitrogens with one attached hydrogen (secondary N) is 1. The minimum absolute atomic E-state index is 0.0770. The van der Waals surface area contributed by atoms with Crippen molar-refractivity contribution in [2.75, 3.05) is 11.1 Å². The first kappa shape index (κ1) is 20.4. The molecule has 3 aromatic rings. The maximum Gasteiger partial charge on any atom is 0.295 e. The highest BCUT2D eigenvalue weighted by Gasteiger charge is 2.19. The Balaban J connectivity index is 1.75. The lowest BCUT2D eigenvalue weighted by molar-refractivity contribution is -0.384. The molecule has 0 aliphatic rings. The van der Waals surface area contributed by atoms with Crippen molar-refractivity contribution in [3.63, 3.8) is 0 Å². The van der Waals surface area contributed by atoms with Crippen molar-refractivity contribution in [3.05, 3.63) is 63.0 Å². The number of nitro benzene ring substituents is 1. The maximum absolute atomic E-state index is 13.2. The van der Waals surface area contributed by atoms with Gasteiger partial charge in [-0.2, -0.15) is 4.68 Å². The smallest absolute Gasteiger partial charge is 0.295 e. The van der Waals surface area contributed by atoms with Gasteiger partial charge in [-0.15, -0.1) is 5.10 Å². The first-order chi connectivity index (χ1) is 13.8. The molecule has 1 aromatic heterocycles. The summed E-state index contributed by atoms with van der Waals surface area (Å²) in [5.41, 5.74) is 3.33. The second-order valence-electron chi connectivity index (χ2n) is 6.38. The Hall–Kier alpha value is -3.34. The van der Waals surface area contributed by atoms with Crippen LogP contribution in [-0.2, 0) is 4.79 Å². The molecule has 0 saturated heterocycles. The van der Waals surface area contributed by atoms with Crippen LogP contribution < -0.4 is 5.32 Å². The molecule has 29 heavy (non-hydrogen) atoms. The van der Waals surface area contributed by atoms with Crippen LogP contribution in [0.15, 0.2) is 35.5 Å². The van der Waals surface area contributed by atoms with Crippen LogP contribution >= 0.6 is 11.8 Å². The average Bonchev–Trinajstić information content (AvgIpc) is 3.08. The number of hydrogen-bond donors (Lipinski definition) is 1. The molecule has 0 saturated carbocycles. The molecule has 3 rings (SSSR count). The quantitative estimate of drug-likeness (QED) is 0.372. The molecule has 0 fully saturated rings. The van der Waals surface area contributed by atoms with E-state index >= 15 is 0 Å². The molecule has 0 spiro atoms. The van der Waals surface area contributed by atoms with Gasteiger partial charge in [0.25, 0.3) is 5.69 Å². The van der Waals surface area contributed by atoms with E-state index in [4.69, 9.17) is 0 Å². The van der Waals surface area contributed by atoms with Crippen LogP contribution in [0.2, 0.25) is 0 Å². The SMILES string of the molecule is Cc1cc(C)c(-n2nnnc2SCC(=O)Nc2ccc(F)cc2[N+](=O)[O-])c(C)c1. The third-order valence-corrected chi connectivity index (χ3v) is 4.97. The van der Waals surface area contributed by atoms with Crippen molar-refractivity contribution in [1.82, 2.24) is 20.2 Å². The van der Waals surface area contributed by atoms with Gasteiger partial charge >= 0.3 is 0 Å². The van der Waals surface area contributed by atoms with Crippen molar-refractivity contribution < 1.29 is 14.1 Å². The molecule has 150 valence electrons. The fourth-order valence-corrected chi connectivity index (χ4v) is 3.67. The lowest BCUT2D eigenvalue weighted by Crippen LogP contribution is -2.16. The number of nitro groups is 1. The first-order valence-electron chi connectivity index (χ1n) is 8.49. The zero-order valence-electron chi connectivity index (χ0n) is 15.8. The van der Waals surface area contributed by atoms with Crippen LogP contribution in [0.3, 0.4) is 0 Å². The Labute approximate surface area is 169 Å². The van der Waals surface area contributed by atoms with E-state index in [1.54, 1.807) is 4.68 Å². The molecule has 9 nitrogen and oxygen atoms in total. The summed E-state index contributed by atoms with van der Waals surface area (Å²) in [6, 6.07) is 6.97. The number of benzene rings is 2. The third-order valence-electron chi connectivity index (χ3n) is 4.05. The van der Waals surface area contributed by atoms with E-state index in [0.717, 1.165) is 52.3 Å². The van der Waals surface area contributed by atoms with Gasteiger partial charge in [-0.3, -0.25) is 14.9 Å². The monoisotopic (exact) mass is 416 g/mol. The number of hydrogen-bond acceptors (Lipinski definition) is 7. The van der Waals surface area contributed by atoms with Crippen LogP contribution in [0.5, 0.6) is 0 Å². The van der Waals surface area contributed by atoms with E-state index in [0.29, 0.717) is 5.16 Å². The lowest BCUT2D eigenvalue weighted by atomic mass is 10.1. The summed E-state index contributed by atoms with van der Waals surface area (Å²) in [5, 5.41) is 25.5. The maximum atomic E-state index is 13.2. The number of nitrogens with zero attached hydrogens (tertiary/aromatic N) is 5. The molecule has 1 N–H and O–H groups in total. The summed E-state index contributed by atoms with van der Waals surface area (Å²) in [6.07, 6.45) is 0. The third kappa shape index (κ3) is 4.57. The Morgan fingerprint density at radius 2 is 1.93 bits per heavy atom. The Kier molecular flexibility index (Phi) is 5.87. The molecule has 1 heterocycles. The topological polar surface area (TPSA) is 116 Å². The molecule has 2 aromatic carbocycles. The number of anilines is 1. The second-order valence-corrected chi connectivity index (χ2v) is 7.32. The van der Waals surface area contributed by atoms with Crippen LogP contribution in [0, 0.1) is 36.7 Å². The summed E-state index contributed by atoms with van der Waals surface area (Å²) in [6.45, 7) is 5.90. The van der Waals surface area contributed by atoms with Gasteiger partial charge in [0.15, 0.2) is 0 Å². The van der Waals surface area contributed by atoms with E-state index in [1.165, 1.54) is 0 Å². The molecule has 0 bridgehead atoms. The number of rotatable bonds is 6. The van der Waals surface area contributed by atoms with Gasteiger partial charge in [0, 0.05) is 0 Å². The second kappa shape index (κ2) is 8.35. The van der Waals surface area contributed by atoms with E-state index < -0.39 is 22.3 Å². The average molecular weight is 416 g/mol. The van der Waals surface area contributed by atoms with Gasteiger partial charge in [-0.25, -0.2) is 4.39 Å².